The minimum Gasteiger partial charge on any atom is -0.457 e. The highest BCUT2D eigenvalue weighted by Gasteiger charge is 2.37. The third kappa shape index (κ3) is 7.85. The van der Waals surface area contributed by atoms with Crippen LogP contribution < -0.4 is 0 Å². The molecule has 0 amide bonds. The highest BCUT2D eigenvalue weighted by molar-refractivity contribution is 6.74. The maximum atomic E-state index is 11.6. The molecule has 1 unspecified atom stereocenters. The molecule has 0 fully saturated rings. The van der Waals surface area contributed by atoms with Crippen molar-refractivity contribution in [2.75, 3.05) is 6.61 Å². The van der Waals surface area contributed by atoms with Crippen LogP contribution in [-0.2, 0) is 14.0 Å². The van der Waals surface area contributed by atoms with E-state index in [0.717, 1.165) is 0 Å². The van der Waals surface area contributed by atoms with Gasteiger partial charge in [-0.15, -0.1) is 0 Å². The lowest BCUT2D eigenvalue weighted by atomic mass is 10.2. The molecule has 0 rings (SSSR count). The summed E-state index contributed by atoms with van der Waals surface area (Å²) in [5.74, 6) is -0.0895. The topological polar surface area (TPSA) is 35.5 Å². The molecule has 20 heavy (non-hydrogen) atoms. The molecule has 0 aromatic carbocycles. The van der Waals surface area contributed by atoms with Crippen LogP contribution in [0.25, 0.3) is 0 Å². The summed E-state index contributed by atoms with van der Waals surface area (Å²) >= 11 is 0. The zero-order chi connectivity index (χ0) is 16.2. The van der Waals surface area contributed by atoms with Gasteiger partial charge in [0.15, 0.2) is 8.32 Å². The Morgan fingerprint density at radius 1 is 1.15 bits per heavy atom. The Labute approximate surface area is 125 Å². The van der Waals surface area contributed by atoms with Crippen molar-refractivity contribution in [3.05, 3.63) is 12.2 Å². The number of hydrogen-bond acceptors (Lipinski definition) is 3. The molecule has 0 saturated heterocycles. The Morgan fingerprint density at radius 2 is 1.65 bits per heavy atom. The highest BCUT2D eigenvalue weighted by Crippen LogP contribution is 2.36. The van der Waals surface area contributed by atoms with Crippen LogP contribution >= 0.6 is 0 Å². The fourth-order valence-electron chi connectivity index (χ4n) is 1.19. The maximum absolute atomic E-state index is 11.6. The summed E-state index contributed by atoms with van der Waals surface area (Å²) in [6.07, 6.45) is 3.37. The molecule has 0 aliphatic rings. The Bertz CT molecular complexity index is 346. The number of carbonyl (C=O) groups is 1. The number of hydrogen-bond donors (Lipinski definition) is 0. The van der Waals surface area contributed by atoms with E-state index in [-0.39, 0.29) is 16.9 Å². The number of rotatable bonds is 5. The SMILES string of the molecule is CC(/C=C/C(=O)OC(C)(C)C)CO[Si](C)(C)C(C)(C)C. The normalized spacial score (nSPS) is 15.4. The van der Waals surface area contributed by atoms with Crippen LogP contribution in [0.4, 0.5) is 0 Å². The summed E-state index contributed by atoms with van der Waals surface area (Å²) in [5, 5.41) is 0.210. The van der Waals surface area contributed by atoms with Crippen LogP contribution in [-0.4, -0.2) is 26.5 Å². The van der Waals surface area contributed by atoms with Gasteiger partial charge in [-0.2, -0.15) is 0 Å². The van der Waals surface area contributed by atoms with Crippen molar-refractivity contribution < 1.29 is 14.0 Å². The molecule has 0 radical (unpaired) electrons. The summed E-state index contributed by atoms with van der Waals surface area (Å²) in [4.78, 5) is 11.6. The largest absolute Gasteiger partial charge is 0.457 e. The fourth-order valence-corrected chi connectivity index (χ4v) is 2.30. The average molecular weight is 301 g/mol. The van der Waals surface area contributed by atoms with Crippen LogP contribution in [0.2, 0.25) is 18.1 Å². The number of esters is 1. The van der Waals surface area contributed by atoms with E-state index < -0.39 is 13.9 Å². The molecule has 0 aliphatic heterocycles. The van der Waals surface area contributed by atoms with Gasteiger partial charge in [0, 0.05) is 12.7 Å². The smallest absolute Gasteiger partial charge is 0.330 e. The van der Waals surface area contributed by atoms with Crippen molar-refractivity contribution in [3.63, 3.8) is 0 Å². The molecule has 0 spiro atoms. The molecular weight excluding hydrogens is 268 g/mol. The molecule has 0 aliphatic carbocycles. The highest BCUT2D eigenvalue weighted by atomic mass is 28.4. The maximum Gasteiger partial charge on any atom is 0.330 e. The second-order valence-electron chi connectivity index (χ2n) is 7.94. The summed E-state index contributed by atoms with van der Waals surface area (Å²) < 4.78 is 11.4. The monoisotopic (exact) mass is 300 g/mol. The molecule has 0 aromatic rings. The molecule has 3 nitrogen and oxygen atoms in total. The van der Waals surface area contributed by atoms with Crippen molar-refractivity contribution in [3.8, 4) is 0 Å². The molecule has 0 saturated carbocycles. The second-order valence-corrected chi connectivity index (χ2v) is 12.8. The van der Waals surface area contributed by atoms with Crippen LogP contribution in [0.15, 0.2) is 12.2 Å². The molecule has 0 aromatic heterocycles. The van der Waals surface area contributed by atoms with Crippen molar-refractivity contribution >= 4 is 14.3 Å². The standard InChI is InChI=1S/C16H32O3Si/c1-13(10-11-14(17)19-15(2,3)4)12-18-20(8,9)16(5,6)7/h10-11,13H,12H2,1-9H3/b11-10+. The predicted molar refractivity (Wildman–Crippen MR) is 87.3 cm³/mol. The van der Waals surface area contributed by atoms with Crippen molar-refractivity contribution in [1.29, 1.82) is 0 Å². The van der Waals surface area contributed by atoms with E-state index in [1.807, 2.05) is 33.8 Å². The summed E-state index contributed by atoms with van der Waals surface area (Å²) in [7, 11) is -1.71. The van der Waals surface area contributed by atoms with Gasteiger partial charge in [-0.05, 0) is 44.8 Å². The number of ether oxygens (including phenoxy) is 1. The second kappa shape index (κ2) is 6.90. The van der Waals surface area contributed by atoms with Gasteiger partial charge in [-0.1, -0.05) is 33.8 Å². The Morgan fingerprint density at radius 3 is 2.05 bits per heavy atom. The first-order valence-electron chi connectivity index (χ1n) is 7.30. The third-order valence-corrected chi connectivity index (χ3v) is 7.98. The van der Waals surface area contributed by atoms with Crippen LogP contribution in [0.3, 0.4) is 0 Å². The van der Waals surface area contributed by atoms with Crippen LogP contribution in [0, 0.1) is 5.92 Å². The first-order valence-corrected chi connectivity index (χ1v) is 10.2. The van der Waals surface area contributed by atoms with Gasteiger partial charge in [-0.3, -0.25) is 0 Å². The first kappa shape index (κ1) is 19.4. The number of carbonyl (C=O) groups excluding carboxylic acids is 1. The van der Waals surface area contributed by atoms with Gasteiger partial charge in [-0.25, -0.2) is 4.79 Å². The van der Waals surface area contributed by atoms with Crippen LogP contribution in [0.1, 0.15) is 48.5 Å². The van der Waals surface area contributed by atoms with E-state index in [9.17, 15) is 4.79 Å². The molecule has 0 bridgehead atoms. The van der Waals surface area contributed by atoms with Gasteiger partial charge in [0.05, 0.1) is 0 Å². The molecule has 4 heteroatoms. The van der Waals surface area contributed by atoms with Crippen molar-refractivity contribution in [2.45, 2.75) is 72.2 Å². The average Bonchev–Trinajstić information content (AvgIpc) is 2.19. The van der Waals surface area contributed by atoms with E-state index in [2.05, 4.69) is 33.9 Å². The van der Waals surface area contributed by atoms with E-state index in [1.54, 1.807) is 0 Å². The molecule has 1 atom stereocenters. The van der Waals surface area contributed by atoms with Gasteiger partial charge in [0.1, 0.15) is 5.60 Å². The quantitative estimate of drug-likeness (QED) is 0.425. The zero-order valence-electron chi connectivity index (χ0n) is 14.7. The van der Waals surface area contributed by atoms with Gasteiger partial charge in [0.25, 0.3) is 0 Å². The lowest BCUT2D eigenvalue weighted by Gasteiger charge is -2.36. The Hall–Kier alpha value is -0.613. The van der Waals surface area contributed by atoms with E-state index in [4.69, 9.17) is 9.16 Å². The summed E-state index contributed by atoms with van der Waals surface area (Å²) in [6, 6.07) is 0. The minimum atomic E-state index is -1.71. The Kier molecular flexibility index (Phi) is 6.69. The van der Waals surface area contributed by atoms with Crippen molar-refractivity contribution in [2.24, 2.45) is 5.92 Å². The van der Waals surface area contributed by atoms with Crippen LogP contribution in [0.5, 0.6) is 0 Å². The molecule has 0 heterocycles. The summed E-state index contributed by atoms with van der Waals surface area (Å²) in [5.41, 5.74) is -0.442. The molecule has 118 valence electrons. The third-order valence-electron chi connectivity index (χ3n) is 3.48. The van der Waals surface area contributed by atoms with Crippen molar-refractivity contribution in [1.82, 2.24) is 0 Å². The van der Waals surface area contributed by atoms with E-state index >= 15 is 0 Å². The lowest BCUT2D eigenvalue weighted by molar-refractivity contribution is -0.148. The van der Waals surface area contributed by atoms with Gasteiger partial charge >= 0.3 is 5.97 Å². The fraction of sp³-hybridized carbons (Fsp3) is 0.812. The first-order chi connectivity index (χ1) is 8.74. The minimum absolute atomic E-state index is 0.205. The molecule has 0 N–H and O–H groups in total. The predicted octanol–water partition coefficient (Wildman–Crippen LogP) is 4.54. The Balaban J connectivity index is 4.31. The van der Waals surface area contributed by atoms with Gasteiger partial charge < -0.3 is 9.16 Å². The van der Waals surface area contributed by atoms with Gasteiger partial charge in [0.2, 0.25) is 0 Å². The van der Waals surface area contributed by atoms with E-state index in [1.165, 1.54) is 6.08 Å². The lowest BCUT2D eigenvalue weighted by Crippen LogP contribution is -2.41. The summed E-state index contributed by atoms with van der Waals surface area (Å²) in [6.45, 7) is 19.4. The zero-order valence-corrected chi connectivity index (χ0v) is 15.7. The van der Waals surface area contributed by atoms with E-state index in [0.29, 0.717) is 6.61 Å². The molecular formula is C16H32O3Si.